The Hall–Kier alpha value is -2.93. The van der Waals surface area contributed by atoms with Crippen LogP contribution in [0.15, 0.2) is 42.5 Å². The minimum Gasteiger partial charge on any atom is -0.449 e. The fraction of sp³-hybridized carbons (Fsp3) is 0.417. The van der Waals surface area contributed by atoms with E-state index in [1.54, 1.807) is 12.1 Å². The number of rotatable bonds is 7. The Morgan fingerprint density at radius 2 is 1.90 bits per heavy atom. The van der Waals surface area contributed by atoms with Gasteiger partial charge in [0, 0.05) is 41.5 Å². The summed E-state index contributed by atoms with van der Waals surface area (Å²) in [5.41, 5.74) is 3.58. The van der Waals surface area contributed by atoms with Gasteiger partial charge in [0.1, 0.15) is 5.82 Å². The van der Waals surface area contributed by atoms with Crippen molar-refractivity contribution in [1.82, 2.24) is 4.90 Å². The molecule has 2 N–H and O–H groups in total. The molecule has 6 nitrogen and oxygen atoms in total. The lowest BCUT2D eigenvalue weighted by atomic mass is 9.89. The Morgan fingerprint density at radius 1 is 1.13 bits per heavy atom. The highest BCUT2D eigenvalue weighted by molar-refractivity contribution is 5.97. The maximum Gasteiger partial charge on any atom is 0.411 e. The average Bonchev–Trinajstić information content (AvgIpc) is 3.27. The Bertz CT molecular complexity index is 924. The zero-order valence-electron chi connectivity index (χ0n) is 17.5. The van der Waals surface area contributed by atoms with Gasteiger partial charge in [0.25, 0.3) is 0 Å². The quantitative estimate of drug-likeness (QED) is 0.511. The molecule has 0 saturated carbocycles. The van der Waals surface area contributed by atoms with E-state index in [1.165, 1.54) is 12.1 Å². The van der Waals surface area contributed by atoms with Crippen molar-refractivity contribution < 1.29 is 18.7 Å². The fourth-order valence-electron chi connectivity index (χ4n) is 4.33. The zero-order chi connectivity index (χ0) is 21.6. The molecule has 4 rings (SSSR count). The minimum atomic E-state index is -0.427. The first-order chi connectivity index (χ1) is 15.1. The second-order valence-corrected chi connectivity index (χ2v) is 8.11. The van der Waals surface area contributed by atoms with Crippen LogP contribution in [0.2, 0.25) is 0 Å². The molecule has 1 amide bonds. The van der Waals surface area contributed by atoms with E-state index in [0.717, 1.165) is 68.8 Å². The molecule has 2 aromatic carbocycles. The monoisotopic (exact) mass is 425 g/mol. The average molecular weight is 426 g/mol. The summed E-state index contributed by atoms with van der Waals surface area (Å²) in [6, 6.07) is 11.6. The topological polar surface area (TPSA) is 70.7 Å². The van der Waals surface area contributed by atoms with Crippen LogP contribution in [0.4, 0.5) is 20.6 Å². The van der Waals surface area contributed by atoms with Gasteiger partial charge in [-0.25, -0.2) is 9.18 Å². The highest BCUT2D eigenvalue weighted by Crippen LogP contribution is 2.29. The molecule has 0 aliphatic carbocycles. The molecule has 0 atom stereocenters. The van der Waals surface area contributed by atoms with Gasteiger partial charge < -0.3 is 15.0 Å². The lowest BCUT2D eigenvalue weighted by Gasteiger charge is -2.31. The number of carbonyl (C=O) groups excluding carboxylic acids is 2. The van der Waals surface area contributed by atoms with Crippen LogP contribution in [-0.4, -0.2) is 49.6 Å². The summed E-state index contributed by atoms with van der Waals surface area (Å²) in [5, 5.41) is 6.13. The number of halogens is 1. The number of anilines is 2. The molecule has 7 heteroatoms. The van der Waals surface area contributed by atoms with Crippen molar-refractivity contribution in [3.05, 3.63) is 59.4 Å². The lowest BCUT2D eigenvalue weighted by Crippen LogP contribution is -2.37. The molecule has 0 aromatic heterocycles. The van der Waals surface area contributed by atoms with Crippen LogP contribution in [-0.2, 0) is 11.2 Å². The van der Waals surface area contributed by atoms with Crippen LogP contribution in [0.1, 0.15) is 35.2 Å². The van der Waals surface area contributed by atoms with E-state index in [9.17, 15) is 14.0 Å². The smallest absolute Gasteiger partial charge is 0.411 e. The molecule has 0 spiro atoms. The van der Waals surface area contributed by atoms with Crippen molar-refractivity contribution in [1.29, 1.82) is 0 Å². The SMILES string of the molecule is O=C(Nc1cccc2c1CCN2)OCCCN1CCC(C(=O)c2ccc(F)cc2)CC1. The van der Waals surface area contributed by atoms with Gasteiger partial charge in [-0.2, -0.15) is 0 Å². The van der Waals surface area contributed by atoms with Crippen LogP contribution in [0.3, 0.4) is 0 Å². The number of ketones is 1. The van der Waals surface area contributed by atoms with Gasteiger partial charge in [0.2, 0.25) is 0 Å². The number of fused-ring (bicyclic) bond motifs is 1. The number of nitrogens with zero attached hydrogens (tertiary/aromatic N) is 1. The predicted octanol–water partition coefficient (Wildman–Crippen LogP) is 4.33. The van der Waals surface area contributed by atoms with Gasteiger partial charge >= 0.3 is 6.09 Å². The molecule has 0 bridgehead atoms. The number of Topliss-reactive ketones (excluding diaryl/α,β-unsaturated/α-hetero) is 1. The summed E-state index contributed by atoms with van der Waals surface area (Å²) in [6.45, 7) is 3.75. The zero-order valence-corrected chi connectivity index (χ0v) is 17.5. The molecule has 0 radical (unpaired) electrons. The van der Waals surface area contributed by atoms with E-state index < -0.39 is 6.09 Å². The van der Waals surface area contributed by atoms with E-state index in [4.69, 9.17) is 4.74 Å². The van der Waals surface area contributed by atoms with E-state index in [0.29, 0.717) is 12.2 Å². The van der Waals surface area contributed by atoms with Crippen molar-refractivity contribution in [3.8, 4) is 0 Å². The first-order valence-electron chi connectivity index (χ1n) is 10.9. The van der Waals surface area contributed by atoms with Gasteiger partial charge in [0.15, 0.2) is 5.78 Å². The van der Waals surface area contributed by atoms with Crippen LogP contribution >= 0.6 is 0 Å². The van der Waals surface area contributed by atoms with E-state index >= 15 is 0 Å². The number of carbonyl (C=O) groups is 2. The van der Waals surface area contributed by atoms with Gasteiger partial charge in [-0.1, -0.05) is 6.07 Å². The molecule has 2 aliphatic rings. The standard InChI is InChI=1S/C24H28FN3O3/c25-19-7-5-17(6-8-19)23(29)18-10-14-28(15-11-18)13-2-16-31-24(30)27-22-4-1-3-21-20(22)9-12-26-21/h1,3-8,18,26H,2,9-16H2,(H,27,30). The Kier molecular flexibility index (Phi) is 6.82. The number of ether oxygens (including phenoxy) is 1. The molecule has 1 saturated heterocycles. The summed E-state index contributed by atoms with van der Waals surface area (Å²) in [4.78, 5) is 27.0. The normalized spacial score (nSPS) is 16.4. The van der Waals surface area contributed by atoms with Gasteiger partial charge in [-0.15, -0.1) is 0 Å². The second kappa shape index (κ2) is 9.92. The van der Waals surface area contributed by atoms with Gasteiger partial charge in [-0.05, 0) is 75.2 Å². The van der Waals surface area contributed by atoms with Crippen LogP contribution in [0.25, 0.3) is 0 Å². The lowest BCUT2D eigenvalue weighted by molar-refractivity contribution is 0.0830. The third-order valence-electron chi connectivity index (χ3n) is 6.04. The van der Waals surface area contributed by atoms with E-state index in [1.807, 2.05) is 18.2 Å². The summed E-state index contributed by atoms with van der Waals surface area (Å²) < 4.78 is 18.4. The van der Waals surface area contributed by atoms with Crippen molar-refractivity contribution in [3.63, 3.8) is 0 Å². The number of hydrogen-bond acceptors (Lipinski definition) is 5. The molecule has 1 fully saturated rings. The van der Waals surface area contributed by atoms with Crippen molar-refractivity contribution in [2.75, 3.05) is 43.4 Å². The Morgan fingerprint density at radius 3 is 2.68 bits per heavy atom. The molecule has 2 aliphatic heterocycles. The number of nitrogens with one attached hydrogen (secondary N) is 2. The van der Waals surface area contributed by atoms with Crippen molar-refractivity contribution in [2.24, 2.45) is 5.92 Å². The highest BCUT2D eigenvalue weighted by Gasteiger charge is 2.25. The highest BCUT2D eigenvalue weighted by atomic mass is 19.1. The number of piperidine rings is 1. The third kappa shape index (κ3) is 5.41. The van der Waals surface area contributed by atoms with Crippen LogP contribution in [0, 0.1) is 11.7 Å². The number of benzene rings is 2. The minimum absolute atomic E-state index is 0.00849. The largest absolute Gasteiger partial charge is 0.449 e. The summed E-state index contributed by atoms with van der Waals surface area (Å²) in [7, 11) is 0. The second-order valence-electron chi connectivity index (χ2n) is 8.11. The summed E-state index contributed by atoms with van der Waals surface area (Å²) in [6.07, 6.45) is 2.81. The molecular weight excluding hydrogens is 397 g/mol. The number of hydrogen-bond donors (Lipinski definition) is 2. The molecular formula is C24H28FN3O3. The van der Waals surface area contributed by atoms with Gasteiger partial charge in [-0.3, -0.25) is 10.1 Å². The molecule has 0 unspecified atom stereocenters. The number of likely N-dealkylation sites (tertiary alicyclic amines) is 1. The maximum absolute atomic E-state index is 13.0. The van der Waals surface area contributed by atoms with Gasteiger partial charge in [0.05, 0.1) is 6.61 Å². The first-order valence-corrected chi connectivity index (χ1v) is 10.9. The van der Waals surface area contributed by atoms with Crippen LogP contribution in [0.5, 0.6) is 0 Å². The molecule has 2 aromatic rings. The number of amides is 1. The maximum atomic E-state index is 13.0. The Balaban J connectivity index is 1.14. The fourth-order valence-corrected chi connectivity index (χ4v) is 4.33. The predicted molar refractivity (Wildman–Crippen MR) is 118 cm³/mol. The first kappa shape index (κ1) is 21.3. The molecule has 164 valence electrons. The molecule has 31 heavy (non-hydrogen) atoms. The summed E-state index contributed by atoms with van der Waals surface area (Å²) >= 11 is 0. The Labute approximate surface area is 181 Å². The van der Waals surface area contributed by atoms with Crippen molar-refractivity contribution in [2.45, 2.75) is 25.7 Å². The van der Waals surface area contributed by atoms with E-state index in [-0.39, 0.29) is 17.5 Å². The summed E-state index contributed by atoms with van der Waals surface area (Å²) in [5.74, 6) is -0.236. The van der Waals surface area contributed by atoms with Crippen molar-refractivity contribution >= 4 is 23.3 Å². The third-order valence-corrected chi connectivity index (χ3v) is 6.04. The van der Waals surface area contributed by atoms with E-state index in [2.05, 4.69) is 15.5 Å². The molecule has 2 heterocycles. The van der Waals surface area contributed by atoms with Crippen LogP contribution < -0.4 is 10.6 Å².